The summed E-state index contributed by atoms with van der Waals surface area (Å²) in [5, 5.41) is 2.12. The molecule has 0 aromatic carbocycles. The van der Waals surface area contributed by atoms with Crippen molar-refractivity contribution >= 4 is 11.3 Å². The van der Waals surface area contributed by atoms with Crippen molar-refractivity contribution in [2.75, 3.05) is 13.1 Å². The van der Waals surface area contributed by atoms with Gasteiger partial charge in [-0.25, -0.2) is 0 Å². The van der Waals surface area contributed by atoms with Gasteiger partial charge in [-0.3, -0.25) is 4.90 Å². The minimum Gasteiger partial charge on any atom is -0.322 e. The van der Waals surface area contributed by atoms with Crippen LogP contribution in [0.4, 0.5) is 0 Å². The number of likely N-dealkylation sites (tertiary alicyclic amines) is 1. The summed E-state index contributed by atoms with van der Waals surface area (Å²) in [6.07, 6.45) is 6.74. The minimum atomic E-state index is 0.196. The summed E-state index contributed by atoms with van der Waals surface area (Å²) >= 11 is 1.78. The molecule has 0 amide bonds. The van der Waals surface area contributed by atoms with Gasteiger partial charge in [0.05, 0.1) is 6.04 Å². The van der Waals surface area contributed by atoms with E-state index >= 15 is 0 Å². The van der Waals surface area contributed by atoms with Gasteiger partial charge < -0.3 is 5.73 Å². The van der Waals surface area contributed by atoms with Gasteiger partial charge in [-0.1, -0.05) is 25.8 Å². The SMILES string of the molecule is CCC1CCCCCN1CC(N)c1cccs1. The Kier molecular flexibility index (Phi) is 5.01. The van der Waals surface area contributed by atoms with E-state index in [1.165, 1.54) is 43.5 Å². The molecule has 2 N–H and O–H groups in total. The van der Waals surface area contributed by atoms with Gasteiger partial charge in [-0.05, 0) is 37.3 Å². The number of nitrogens with zero attached hydrogens (tertiary/aromatic N) is 1. The molecule has 1 saturated heterocycles. The lowest BCUT2D eigenvalue weighted by molar-refractivity contribution is 0.184. The molecule has 0 radical (unpaired) electrons. The topological polar surface area (TPSA) is 29.3 Å². The van der Waals surface area contributed by atoms with E-state index in [4.69, 9.17) is 5.73 Å². The van der Waals surface area contributed by atoms with Crippen LogP contribution in [0.3, 0.4) is 0 Å². The van der Waals surface area contributed by atoms with Crippen LogP contribution in [0, 0.1) is 0 Å². The molecule has 2 heterocycles. The van der Waals surface area contributed by atoms with Gasteiger partial charge in [-0.2, -0.15) is 0 Å². The van der Waals surface area contributed by atoms with Crippen LogP contribution in [0.15, 0.2) is 17.5 Å². The second-order valence-corrected chi connectivity index (χ2v) is 6.01. The summed E-state index contributed by atoms with van der Waals surface area (Å²) in [5.41, 5.74) is 6.31. The Morgan fingerprint density at radius 1 is 1.47 bits per heavy atom. The fourth-order valence-corrected chi connectivity index (χ4v) is 3.51. The van der Waals surface area contributed by atoms with Crippen molar-refractivity contribution in [3.05, 3.63) is 22.4 Å². The fourth-order valence-electron chi connectivity index (χ4n) is 2.78. The van der Waals surface area contributed by atoms with Crippen LogP contribution < -0.4 is 5.73 Å². The molecule has 3 heteroatoms. The van der Waals surface area contributed by atoms with Gasteiger partial charge >= 0.3 is 0 Å². The lowest BCUT2D eigenvalue weighted by Crippen LogP contribution is -2.39. The Bertz CT molecular complexity index is 310. The van der Waals surface area contributed by atoms with Crippen molar-refractivity contribution in [1.82, 2.24) is 4.90 Å². The lowest BCUT2D eigenvalue weighted by atomic mass is 10.1. The Balaban J connectivity index is 1.95. The maximum atomic E-state index is 6.31. The number of hydrogen-bond acceptors (Lipinski definition) is 3. The summed E-state index contributed by atoms with van der Waals surface area (Å²) in [7, 11) is 0. The van der Waals surface area contributed by atoms with Crippen LogP contribution in [0.5, 0.6) is 0 Å². The van der Waals surface area contributed by atoms with E-state index in [2.05, 4.69) is 29.3 Å². The molecule has 1 aromatic rings. The first kappa shape index (κ1) is 13.1. The van der Waals surface area contributed by atoms with Gasteiger partial charge in [0.15, 0.2) is 0 Å². The highest BCUT2D eigenvalue weighted by Crippen LogP contribution is 2.23. The molecule has 1 fully saturated rings. The molecule has 2 unspecified atom stereocenters. The Hall–Kier alpha value is -0.380. The van der Waals surface area contributed by atoms with E-state index in [1.54, 1.807) is 11.3 Å². The third-order valence-electron chi connectivity index (χ3n) is 3.81. The summed E-state index contributed by atoms with van der Waals surface area (Å²) in [6.45, 7) is 4.57. The van der Waals surface area contributed by atoms with Crippen molar-refractivity contribution in [2.45, 2.75) is 51.1 Å². The maximum absolute atomic E-state index is 6.31. The van der Waals surface area contributed by atoms with E-state index in [1.807, 2.05) is 0 Å². The molecular formula is C14H24N2S. The zero-order valence-corrected chi connectivity index (χ0v) is 11.6. The normalized spacial score (nSPS) is 24.5. The van der Waals surface area contributed by atoms with E-state index in [0.29, 0.717) is 0 Å². The van der Waals surface area contributed by atoms with Crippen molar-refractivity contribution in [3.63, 3.8) is 0 Å². The van der Waals surface area contributed by atoms with Crippen LogP contribution in [0.1, 0.15) is 49.9 Å². The number of rotatable bonds is 4. The van der Waals surface area contributed by atoms with Crippen molar-refractivity contribution in [2.24, 2.45) is 5.73 Å². The Morgan fingerprint density at radius 3 is 3.06 bits per heavy atom. The maximum Gasteiger partial charge on any atom is 0.0519 e. The monoisotopic (exact) mass is 252 g/mol. The quantitative estimate of drug-likeness (QED) is 0.890. The van der Waals surface area contributed by atoms with Gasteiger partial charge in [0.1, 0.15) is 0 Å². The number of hydrogen-bond donors (Lipinski definition) is 1. The third-order valence-corrected chi connectivity index (χ3v) is 4.81. The molecule has 0 spiro atoms. The molecule has 96 valence electrons. The average Bonchev–Trinajstić information content (AvgIpc) is 2.78. The molecule has 1 aliphatic rings. The van der Waals surface area contributed by atoms with Crippen molar-refractivity contribution < 1.29 is 0 Å². The first-order valence-electron chi connectivity index (χ1n) is 6.84. The van der Waals surface area contributed by atoms with Crippen molar-refractivity contribution in [1.29, 1.82) is 0 Å². The molecular weight excluding hydrogens is 228 g/mol. The Labute approximate surface area is 109 Å². The highest BCUT2D eigenvalue weighted by atomic mass is 32.1. The number of thiophene rings is 1. The van der Waals surface area contributed by atoms with Gasteiger partial charge in [-0.15, -0.1) is 11.3 Å². The molecule has 2 atom stereocenters. The van der Waals surface area contributed by atoms with E-state index < -0.39 is 0 Å². The molecule has 1 aromatic heterocycles. The molecule has 0 bridgehead atoms. The van der Waals surface area contributed by atoms with Gasteiger partial charge in [0.25, 0.3) is 0 Å². The first-order valence-corrected chi connectivity index (χ1v) is 7.72. The van der Waals surface area contributed by atoms with Crippen LogP contribution in [-0.4, -0.2) is 24.0 Å². The van der Waals surface area contributed by atoms with Crippen LogP contribution in [-0.2, 0) is 0 Å². The molecule has 0 saturated carbocycles. The smallest absolute Gasteiger partial charge is 0.0519 e. The molecule has 2 nitrogen and oxygen atoms in total. The Morgan fingerprint density at radius 2 is 2.35 bits per heavy atom. The predicted molar refractivity (Wildman–Crippen MR) is 75.4 cm³/mol. The zero-order valence-electron chi connectivity index (χ0n) is 10.8. The summed E-state index contributed by atoms with van der Waals surface area (Å²) in [5.74, 6) is 0. The summed E-state index contributed by atoms with van der Waals surface area (Å²) in [6, 6.07) is 5.21. The molecule has 17 heavy (non-hydrogen) atoms. The fraction of sp³-hybridized carbons (Fsp3) is 0.714. The molecule has 2 rings (SSSR count). The van der Waals surface area contributed by atoms with E-state index in [0.717, 1.165) is 12.6 Å². The summed E-state index contributed by atoms with van der Waals surface area (Å²) < 4.78 is 0. The second kappa shape index (κ2) is 6.53. The standard InChI is InChI=1S/C14H24N2S/c1-2-12-7-4-3-5-9-16(12)11-13(15)14-8-6-10-17-14/h6,8,10,12-13H,2-5,7,9,11,15H2,1H3. The number of nitrogens with two attached hydrogens (primary N) is 1. The zero-order chi connectivity index (χ0) is 12.1. The minimum absolute atomic E-state index is 0.196. The van der Waals surface area contributed by atoms with Crippen LogP contribution in [0.25, 0.3) is 0 Å². The van der Waals surface area contributed by atoms with Gasteiger partial charge in [0.2, 0.25) is 0 Å². The highest BCUT2D eigenvalue weighted by molar-refractivity contribution is 7.10. The summed E-state index contributed by atoms with van der Waals surface area (Å²) in [4.78, 5) is 3.95. The van der Waals surface area contributed by atoms with Crippen molar-refractivity contribution in [3.8, 4) is 0 Å². The highest BCUT2D eigenvalue weighted by Gasteiger charge is 2.21. The lowest BCUT2D eigenvalue weighted by Gasteiger charge is -2.31. The molecule has 1 aliphatic heterocycles. The largest absolute Gasteiger partial charge is 0.322 e. The first-order chi connectivity index (χ1) is 8.31. The van der Waals surface area contributed by atoms with E-state index in [-0.39, 0.29) is 6.04 Å². The van der Waals surface area contributed by atoms with Gasteiger partial charge in [0, 0.05) is 17.5 Å². The molecule has 0 aliphatic carbocycles. The second-order valence-electron chi connectivity index (χ2n) is 5.03. The third kappa shape index (κ3) is 3.54. The van der Waals surface area contributed by atoms with Crippen LogP contribution >= 0.6 is 11.3 Å². The van der Waals surface area contributed by atoms with E-state index in [9.17, 15) is 0 Å². The average molecular weight is 252 g/mol. The van der Waals surface area contributed by atoms with Crippen LogP contribution in [0.2, 0.25) is 0 Å². The predicted octanol–water partition coefficient (Wildman–Crippen LogP) is 3.40.